The van der Waals surface area contributed by atoms with Gasteiger partial charge in [0.05, 0.1) is 19.3 Å². The SMILES string of the molecule is CC(=O)NCCC[C@H]1OC[C@@H](Oc2ccc(OC3CCCC3)cc2)CO1. The standard InChI is InChI=1S/C20H29NO5/c1-15(22)21-12-4-7-20-23-13-19(14-24-20)26-18-10-8-17(9-11-18)25-16-5-2-3-6-16/h8-11,16,19-20H,2-7,12-14H2,1H3,(H,21,22)/t19-,20+. The van der Waals surface area contributed by atoms with Gasteiger partial charge in [-0.25, -0.2) is 0 Å². The molecule has 0 radical (unpaired) electrons. The molecule has 1 aliphatic heterocycles. The van der Waals surface area contributed by atoms with Gasteiger partial charge in [-0.1, -0.05) is 0 Å². The van der Waals surface area contributed by atoms with Crippen molar-refractivity contribution in [1.82, 2.24) is 5.32 Å². The Kier molecular flexibility index (Phi) is 7.14. The molecule has 1 aromatic rings. The summed E-state index contributed by atoms with van der Waals surface area (Å²) in [5.74, 6) is 1.69. The van der Waals surface area contributed by atoms with Crippen molar-refractivity contribution in [3.05, 3.63) is 24.3 Å². The summed E-state index contributed by atoms with van der Waals surface area (Å²) in [6, 6.07) is 7.79. The summed E-state index contributed by atoms with van der Waals surface area (Å²) in [5, 5.41) is 2.77. The van der Waals surface area contributed by atoms with Gasteiger partial charge in [0.15, 0.2) is 6.29 Å². The van der Waals surface area contributed by atoms with Crippen LogP contribution in [0.1, 0.15) is 45.4 Å². The van der Waals surface area contributed by atoms with Gasteiger partial charge in [0, 0.05) is 19.9 Å². The van der Waals surface area contributed by atoms with E-state index in [1.807, 2.05) is 24.3 Å². The fourth-order valence-corrected chi connectivity index (χ4v) is 3.28. The molecule has 1 aliphatic carbocycles. The van der Waals surface area contributed by atoms with Crippen molar-refractivity contribution in [2.24, 2.45) is 0 Å². The molecule has 1 saturated carbocycles. The highest BCUT2D eigenvalue weighted by Crippen LogP contribution is 2.26. The van der Waals surface area contributed by atoms with Crippen LogP contribution in [0.2, 0.25) is 0 Å². The van der Waals surface area contributed by atoms with E-state index in [1.54, 1.807) is 0 Å². The number of ether oxygens (including phenoxy) is 4. The van der Waals surface area contributed by atoms with E-state index in [0.29, 0.717) is 25.9 Å². The number of rotatable bonds is 8. The first-order valence-corrected chi connectivity index (χ1v) is 9.60. The Labute approximate surface area is 155 Å². The van der Waals surface area contributed by atoms with E-state index in [1.165, 1.54) is 19.8 Å². The van der Waals surface area contributed by atoms with E-state index in [0.717, 1.165) is 37.2 Å². The molecule has 26 heavy (non-hydrogen) atoms. The molecule has 6 nitrogen and oxygen atoms in total. The Morgan fingerprint density at radius 3 is 2.19 bits per heavy atom. The van der Waals surface area contributed by atoms with Crippen LogP contribution in [-0.4, -0.2) is 44.2 Å². The summed E-state index contributed by atoms with van der Waals surface area (Å²) >= 11 is 0. The first-order valence-electron chi connectivity index (χ1n) is 9.60. The Bertz CT molecular complexity index is 548. The zero-order valence-electron chi connectivity index (χ0n) is 15.4. The lowest BCUT2D eigenvalue weighted by Gasteiger charge is -2.29. The van der Waals surface area contributed by atoms with Gasteiger partial charge in [0.2, 0.25) is 5.91 Å². The summed E-state index contributed by atoms with van der Waals surface area (Å²) < 4.78 is 23.3. The summed E-state index contributed by atoms with van der Waals surface area (Å²) in [7, 11) is 0. The number of carbonyl (C=O) groups is 1. The zero-order valence-corrected chi connectivity index (χ0v) is 15.4. The topological polar surface area (TPSA) is 66.0 Å². The molecular formula is C20H29NO5. The van der Waals surface area contributed by atoms with Crippen LogP contribution in [0.5, 0.6) is 11.5 Å². The number of hydrogen-bond donors (Lipinski definition) is 1. The number of amides is 1. The molecule has 2 aliphatic rings. The zero-order chi connectivity index (χ0) is 18.2. The van der Waals surface area contributed by atoms with Crippen molar-refractivity contribution in [3.63, 3.8) is 0 Å². The molecule has 1 aromatic carbocycles. The van der Waals surface area contributed by atoms with Gasteiger partial charge in [-0.15, -0.1) is 0 Å². The lowest BCUT2D eigenvalue weighted by atomic mass is 10.2. The average molecular weight is 363 g/mol. The lowest BCUT2D eigenvalue weighted by molar-refractivity contribution is -0.213. The molecule has 1 N–H and O–H groups in total. The summed E-state index contributed by atoms with van der Waals surface area (Å²) in [6.45, 7) is 3.17. The molecule has 0 atom stereocenters. The number of carbonyl (C=O) groups excluding carboxylic acids is 1. The third-order valence-corrected chi connectivity index (χ3v) is 4.66. The van der Waals surface area contributed by atoms with Crippen molar-refractivity contribution in [2.45, 2.75) is 63.9 Å². The van der Waals surface area contributed by atoms with E-state index in [9.17, 15) is 4.79 Å². The minimum absolute atomic E-state index is 0.0106. The van der Waals surface area contributed by atoms with E-state index in [2.05, 4.69) is 5.32 Å². The van der Waals surface area contributed by atoms with Gasteiger partial charge in [-0.3, -0.25) is 4.79 Å². The first kappa shape index (κ1) is 19.0. The van der Waals surface area contributed by atoms with Crippen LogP contribution < -0.4 is 14.8 Å². The van der Waals surface area contributed by atoms with Crippen molar-refractivity contribution in [1.29, 1.82) is 0 Å². The monoisotopic (exact) mass is 363 g/mol. The molecule has 0 bridgehead atoms. The van der Waals surface area contributed by atoms with Crippen molar-refractivity contribution >= 4 is 5.91 Å². The quantitative estimate of drug-likeness (QED) is 0.719. The maximum absolute atomic E-state index is 10.8. The van der Waals surface area contributed by atoms with Crippen LogP contribution in [0.15, 0.2) is 24.3 Å². The molecule has 0 spiro atoms. The molecule has 144 valence electrons. The van der Waals surface area contributed by atoms with E-state index in [-0.39, 0.29) is 18.3 Å². The van der Waals surface area contributed by atoms with E-state index >= 15 is 0 Å². The highest BCUT2D eigenvalue weighted by molar-refractivity contribution is 5.72. The van der Waals surface area contributed by atoms with Gasteiger partial charge in [0.1, 0.15) is 17.6 Å². The van der Waals surface area contributed by atoms with Gasteiger partial charge in [0.25, 0.3) is 0 Å². The van der Waals surface area contributed by atoms with Crippen LogP contribution in [-0.2, 0) is 14.3 Å². The largest absolute Gasteiger partial charge is 0.490 e. The molecule has 1 heterocycles. The third kappa shape index (κ3) is 6.18. The summed E-state index contributed by atoms with van der Waals surface area (Å²) in [5.41, 5.74) is 0. The molecule has 3 rings (SSSR count). The smallest absolute Gasteiger partial charge is 0.216 e. The molecule has 2 fully saturated rings. The Balaban J connectivity index is 1.34. The Morgan fingerprint density at radius 1 is 1.04 bits per heavy atom. The van der Waals surface area contributed by atoms with Crippen LogP contribution in [0, 0.1) is 0 Å². The number of benzene rings is 1. The average Bonchev–Trinajstić information content (AvgIpc) is 3.15. The van der Waals surface area contributed by atoms with Crippen LogP contribution in [0.3, 0.4) is 0 Å². The third-order valence-electron chi connectivity index (χ3n) is 4.66. The van der Waals surface area contributed by atoms with Gasteiger partial charge in [-0.05, 0) is 56.4 Å². The molecule has 6 heteroatoms. The molecule has 0 unspecified atom stereocenters. The van der Waals surface area contributed by atoms with E-state index in [4.69, 9.17) is 18.9 Å². The maximum atomic E-state index is 10.8. The van der Waals surface area contributed by atoms with Crippen LogP contribution >= 0.6 is 0 Å². The second kappa shape index (κ2) is 9.78. The Morgan fingerprint density at radius 2 is 1.62 bits per heavy atom. The number of nitrogens with one attached hydrogen (secondary N) is 1. The van der Waals surface area contributed by atoms with Crippen molar-refractivity contribution in [2.75, 3.05) is 19.8 Å². The Hall–Kier alpha value is -1.79. The summed E-state index contributed by atoms with van der Waals surface area (Å²) in [6.07, 6.45) is 6.47. The minimum Gasteiger partial charge on any atom is -0.490 e. The van der Waals surface area contributed by atoms with Crippen molar-refractivity contribution in [3.8, 4) is 11.5 Å². The molecule has 1 amide bonds. The van der Waals surface area contributed by atoms with Gasteiger partial charge < -0.3 is 24.3 Å². The normalized spacial score (nSPS) is 23.6. The fraction of sp³-hybridized carbons (Fsp3) is 0.650. The second-order valence-corrected chi connectivity index (χ2v) is 6.96. The van der Waals surface area contributed by atoms with Crippen LogP contribution in [0.25, 0.3) is 0 Å². The molecule has 1 saturated heterocycles. The second-order valence-electron chi connectivity index (χ2n) is 6.96. The van der Waals surface area contributed by atoms with Gasteiger partial charge >= 0.3 is 0 Å². The predicted molar refractivity (Wildman–Crippen MR) is 97.4 cm³/mol. The number of hydrogen-bond acceptors (Lipinski definition) is 5. The fourth-order valence-electron chi connectivity index (χ4n) is 3.28. The van der Waals surface area contributed by atoms with Crippen molar-refractivity contribution < 1.29 is 23.7 Å². The van der Waals surface area contributed by atoms with Crippen LogP contribution in [0.4, 0.5) is 0 Å². The molecular weight excluding hydrogens is 334 g/mol. The highest BCUT2D eigenvalue weighted by atomic mass is 16.7. The minimum atomic E-state index is -0.217. The molecule has 0 aromatic heterocycles. The lowest BCUT2D eigenvalue weighted by Crippen LogP contribution is -2.39. The highest BCUT2D eigenvalue weighted by Gasteiger charge is 2.23. The first-order chi connectivity index (χ1) is 12.7. The predicted octanol–water partition coefficient (Wildman–Crippen LogP) is 3.04. The van der Waals surface area contributed by atoms with E-state index < -0.39 is 0 Å². The van der Waals surface area contributed by atoms with Gasteiger partial charge in [-0.2, -0.15) is 0 Å². The maximum Gasteiger partial charge on any atom is 0.216 e. The summed E-state index contributed by atoms with van der Waals surface area (Å²) in [4.78, 5) is 10.8.